The van der Waals surface area contributed by atoms with E-state index >= 15 is 0 Å². The van der Waals surface area contributed by atoms with Crippen molar-refractivity contribution in [3.05, 3.63) is 36.0 Å². The molecule has 0 bridgehead atoms. The summed E-state index contributed by atoms with van der Waals surface area (Å²) in [6, 6.07) is 8.26. The first kappa shape index (κ1) is 12.7. The van der Waals surface area contributed by atoms with E-state index in [0.29, 0.717) is 19.6 Å². The Labute approximate surface area is 112 Å². The molecule has 1 aliphatic heterocycles. The molecule has 1 aliphatic rings. The fourth-order valence-corrected chi connectivity index (χ4v) is 2.77. The molecular weight excluding hydrogens is 242 g/mol. The lowest BCUT2D eigenvalue weighted by Crippen LogP contribution is -2.15. The second kappa shape index (κ2) is 5.33. The molecule has 4 nitrogen and oxygen atoms in total. The number of fused-ring (bicyclic) bond motifs is 1. The normalized spacial score (nSPS) is 18.2. The molecule has 2 heterocycles. The van der Waals surface area contributed by atoms with E-state index in [4.69, 9.17) is 9.47 Å². The lowest BCUT2D eigenvalue weighted by Gasteiger charge is -2.17. The van der Waals surface area contributed by atoms with Gasteiger partial charge in [0.05, 0.1) is 19.8 Å². The van der Waals surface area contributed by atoms with Crippen molar-refractivity contribution in [3.63, 3.8) is 0 Å². The number of aryl methyl sites for hydroxylation is 1. The van der Waals surface area contributed by atoms with Crippen LogP contribution < -0.4 is 0 Å². The molecule has 3 rings (SSSR count). The molecule has 1 saturated heterocycles. The third-order valence-electron chi connectivity index (χ3n) is 3.76. The summed E-state index contributed by atoms with van der Waals surface area (Å²) in [7, 11) is 2.03. The topological polar surface area (TPSA) is 43.6 Å². The third-order valence-corrected chi connectivity index (χ3v) is 3.76. The Morgan fingerprint density at radius 1 is 1.32 bits per heavy atom. The number of ether oxygens (including phenoxy) is 2. The summed E-state index contributed by atoms with van der Waals surface area (Å²) in [5, 5.41) is 10.9. The van der Waals surface area contributed by atoms with Crippen LogP contribution in [-0.4, -0.2) is 35.8 Å². The van der Waals surface area contributed by atoms with Crippen LogP contribution in [0.1, 0.15) is 17.9 Å². The van der Waals surface area contributed by atoms with Crippen LogP contribution >= 0.6 is 0 Å². The summed E-state index contributed by atoms with van der Waals surface area (Å²) in [5.41, 5.74) is 2.35. The van der Waals surface area contributed by atoms with Gasteiger partial charge >= 0.3 is 0 Å². The van der Waals surface area contributed by atoms with Crippen LogP contribution in [0.4, 0.5) is 0 Å². The molecule has 2 aromatic rings. The molecule has 102 valence electrons. The third kappa shape index (κ3) is 2.39. The van der Waals surface area contributed by atoms with Crippen molar-refractivity contribution in [2.75, 3.05) is 19.8 Å². The molecule has 1 fully saturated rings. The number of hydrogen-bond acceptors (Lipinski definition) is 3. The number of aliphatic hydroxyl groups is 1. The molecule has 19 heavy (non-hydrogen) atoms. The highest BCUT2D eigenvalue weighted by atomic mass is 16.7. The van der Waals surface area contributed by atoms with Crippen LogP contribution in [0.15, 0.2) is 30.5 Å². The van der Waals surface area contributed by atoms with Crippen LogP contribution in [0.25, 0.3) is 10.9 Å². The van der Waals surface area contributed by atoms with Crippen molar-refractivity contribution in [3.8, 4) is 0 Å². The lowest BCUT2D eigenvalue weighted by molar-refractivity contribution is -0.0538. The van der Waals surface area contributed by atoms with Crippen LogP contribution in [0.5, 0.6) is 0 Å². The van der Waals surface area contributed by atoms with E-state index in [9.17, 15) is 5.11 Å². The lowest BCUT2D eigenvalue weighted by atomic mass is 9.96. The van der Waals surface area contributed by atoms with E-state index in [1.54, 1.807) is 0 Å². The summed E-state index contributed by atoms with van der Waals surface area (Å²) in [6.07, 6.45) is 2.61. The Balaban J connectivity index is 1.92. The summed E-state index contributed by atoms with van der Waals surface area (Å²) in [5.74, 6) is 0.0502. The van der Waals surface area contributed by atoms with E-state index in [1.165, 1.54) is 16.5 Å². The van der Waals surface area contributed by atoms with Gasteiger partial charge in [-0.3, -0.25) is 0 Å². The summed E-state index contributed by atoms with van der Waals surface area (Å²) in [4.78, 5) is 0. The second-order valence-electron chi connectivity index (χ2n) is 5.00. The number of hydrogen-bond donors (Lipinski definition) is 1. The number of benzene rings is 1. The first-order valence-corrected chi connectivity index (χ1v) is 6.67. The van der Waals surface area contributed by atoms with Gasteiger partial charge < -0.3 is 19.1 Å². The van der Waals surface area contributed by atoms with Crippen LogP contribution in [-0.2, 0) is 16.5 Å². The highest BCUT2D eigenvalue weighted by Crippen LogP contribution is 2.31. The standard InChI is InChI=1S/C15H19NO3/c1-16-9-13(12-4-2-3-5-14(12)16)11(10-17)8-15-18-6-7-19-15/h2-5,9,11,15,17H,6-8,10H2,1H3. The molecular formula is C15H19NO3. The van der Waals surface area contributed by atoms with Crippen molar-refractivity contribution >= 4 is 10.9 Å². The number of aliphatic hydroxyl groups excluding tert-OH is 1. The monoisotopic (exact) mass is 261 g/mol. The zero-order chi connectivity index (χ0) is 13.2. The van der Waals surface area contributed by atoms with Gasteiger partial charge in [0.1, 0.15) is 0 Å². The molecule has 0 amide bonds. The number of nitrogens with zero attached hydrogens (tertiary/aromatic N) is 1. The van der Waals surface area contributed by atoms with Gasteiger partial charge in [-0.15, -0.1) is 0 Å². The molecule has 0 aliphatic carbocycles. The predicted molar refractivity (Wildman–Crippen MR) is 73.1 cm³/mol. The quantitative estimate of drug-likeness (QED) is 0.915. The Kier molecular flexibility index (Phi) is 3.55. The molecule has 0 saturated carbocycles. The predicted octanol–water partition coefficient (Wildman–Crippen LogP) is 2.02. The van der Waals surface area contributed by atoms with Gasteiger partial charge in [-0.2, -0.15) is 0 Å². The number of aromatic nitrogens is 1. The van der Waals surface area contributed by atoms with E-state index in [2.05, 4.69) is 22.9 Å². The molecule has 1 aromatic carbocycles. The molecule has 1 unspecified atom stereocenters. The van der Waals surface area contributed by atoms with Gasteiger partial charge in [0.15, 0.2) is 6.29 Å². The van der Waals surface area contributed by atoms with Crippen molar-refractivity contribution in [1.29, 1.82) is 0 Å². The minimum atomic E-state index is -0.184. The molecule has 0 radical (unpaired) electrons. The maximum atomic E-state index is 9.69. The first-order chi connectivity index (χ1) is 9.29. The van der Waals surface area contributed by atoms with Crippen molar-refractivity contribution < 1.29 is 14.6 Å². The van der Waals surface area contributed by atoms with Crippen LogP contribution in [0, 0.1) is 0 Å². The van der Waals surface area contributed by atoms with Gasteiger partial charge in [0, 0.05) is 36.5 Å². The summed E-state index contributed by atoms with van der Waals surface area (Å²) in [6.45, 7) is 1.41. The second-order valence-corrected chi connectivity index (χ2v) is 5.00. The molecule has 1 N–H and O–H groups in total. The van der Waals surface area contributed by atoms with Gasteiger partial charge in [-0.05, 0) is 11.6 Å². The van der Waals surface area contributed by atoms with E-state index < -0.39 is 0 Å². The van der Waals surface area contributed by atoms with Crippen molar-refractivity contribution in [2.24, 2.45) is 7.05 Å². The average molecular weight is 261 g/mol. The Bertz CT molecular complexity index is 558. The smallest absolute Gasteiger partial charge is 0.158 e. The summed E-state index contributed by atoms with van der Waals surface area (Å²) < 4.78 is 13.1. The van der Waals surface area contributed by atoms with Gasteiger partial charge in [-0.1, -0.05) is 18.2 Å². The van der Waals surface area contributed by atoms with Crippen molar-refractivity contribution in [1.82, 2.24) is 4.57 Å². The highest BCUT2D eigenvalue weighted by Gasteiger charge is 2.24. The van der Waals surface area contributed by atoms with Gasteiger partial charge in [0.2, 0.25) is 0 Å². The number of rotatable bonds is 4. The summed E-state index contributed by atoms with van der Waals surface area (Å²) >= 11 is 0. The maximum absolute atomic E-state index is 9.69. The van der Waals surface area contributed by atoms with E-state index in [0.717, 1.165) is 0 Å². The van der Waals surface area contributed by atoms with Gasteiger partial charge in [0.25, 0.3) is 0 Å². The van der Waals surface area contributed by atoms with E-state index in [-0.39, 0.29) is 18.8 Å². The zero-order valence-corrected chi connectivity index (χ0v) is 11.1. The maximum Gasteiger partial charge on any atom is 0.158 e. The average Bonchev–Trinajstić information content (AvgIpc) is 3.05. The fourth-order valence-electron chi connectivity index (χ4n) is 2.77. The molecule has 1 atom stereocenters. The molecule has 1 aromatic heterocycles. The highest BCUT2D eigenvalue weighted by molar-refractivity contribution is 5.84. The largest absolute Gasteiger partial charge is 0.396 e. The minimum Gasteiger partial charge on any atom is -0.396 e. The number of para-hydroxylation sites is 1. The Morgan fingerprint density at radius 2 is 2.05 bits per heavy atom. The van der Waals surface area contributed by atoms with Crippen LogP contribution in [0.2, 0.25) is 0 Å². The van der Waals surface area contributed by atoms with E-state index in [1.807, 2.05) is 19.2 Å². The SMILES string of the molecule is Cn1cc(C(CO)CC2OCCO2)c2ccccc21. The molecule has 4 heteroatoms. The van der Waals surface area contributed by atoms with Crippen LogP contribution in [0.3, 0.4) is 0 Å². The van der Waals surface area contributed by atoms with Gasteiger partial charge in [-0.25, -0.2) is 0 Å². The van der Waals surface area contributed by atoms with Crippen molar-refractivity contribution in [2.45, 2.75) is 18.6 Å². The fraction of sp³-hybridized carbons (Fsp3) is 0.467. The molecule has 0 spiro atoms. The Hall–Kier alpha value is -1.36. The Morgan fingerprint density at radius 3 is 2.79 bits per heavy atom. The zero-order valence-electron chi connectivity index (χ0n) is 11.1. The first-order valence-electron chi connectivity index (χ1n) is 6.67. The minimum absolute atomic E-state index is 0.0502.